The van der Waals surface area contributed by atoms with Gasteiger partial charge in [-0.1, -0.05) is 37.6 Å². The summed E-state index contributed by atoms with van der Waals surface area (Å²) in [7, 11) is 0. The molecular weight excluding hydrogens is 316 g/mol. The lowest BCUT2D eigenvalue weighted by atomic mass is 9.87. The highest BCUT2D eigenvalue weighted by Crippen LogP contribution is 2.36. The Kier molecular flexibility index (Phi) is 10.9. The molecule has 1 aliphatic carbocycles. The van der Waals surface area contributed by atoms with Gasteiger partial charge in [-0.05, 0) is 57.3 Å². The third kappa shape index (κ3) is 8.30. The summed E-state index contributed by atoms with van der Waals surface area (Å²) in [5, 5.41) is 29.5. The van der Waals surface area contributed by atoms with Crippen LogP contribution in [0.3, 0.4) is 0 Å². The van der Waals surface area contributed by atoms with Crippen LogP contribution in [-0.4, -0.2) is 39.9 Å². The average Bonchev–Trinajstić information content (AvgIpc) is 2.92. The Bertz CT molecular complexity index is 418. The molecule has 0 aromatic carbocycles. The standard InChI is InChI=1S/C21H36O4/c1-2-13-21(25,15-17-23)14-8-10-19-18(11-12-20(19)24)9-6-4-3-5-7-16-22/h4,6,8,10,17-20,22,24-25H,2-3,5,7,9,11-16H2,1H3/t18-,19+,20+,21?/m0/s1. The van der Waals surface area contributed by atoms with Gasteiger partial charge in [0.2, 0.25) is 0 Å². The maximum Gasteiger partial charge on any atom is 0.122 e. The number of aldehydes is 1. The lowest BCUT2D eigenvalue weighted by molar-refractivity contribution is -0.112. The van der Waals surface area contributed by atoms with Crippen LogP contribution in [0.15, 0.2) is 24.3 Å². The van der Waals surface area contributed by atoms with Gasteiger partial charge in [0.25, 0.3) is 0 Å². The van der Waals surface area contributed by atoms with Crippen LogP contribution < -0.4 is 0 Å². The van der Waals surface area contributed by atoms with Crippen LogP contribution in [0.1, 0.15) is 71.1 Å². The van der Waals surface area contributed by atoms with Crippen molar-refractivity contribution in [3.05, 3.63) is 24.3 Å². The van der Waals surface area contributed by atoms with Crippen LogP contribution in [0, 0.1) is 11.8 Å². The molecule has 0 aromatic rings. The van der Waals surface area contributed by atoms with Crippen molar-refractivity contribution in [2.45, 2.75) is 82.8 Å². The molecule has 0 radical (unpaired) electrons. The molecule has 0 heterocycles. The molecule has 3 N–H and O–H groups in total. The topological polar surface area (TPSA) is 77.8 Å². The third-order valence-electron chi connectivity index (χ3n) is 5.24. The first-order valence-electron chi connectivity index (χ1n) is 9.83. The van der Waals surface area contributed by atoms with Gasteiger partial charge in [-0.2, -0.15) is 0 Å². The zero-order valence-electron chi connectivity index (χ0n) is 15.6. The fourth-order valence-electron chi connectivity index (χ4n) is 3.76. The molecule has 1 rings (SSSR count). The lowest BCUT2D eigenvalue weighted by Crippen LogP contribution is -2.28. The highest BCUT2D eigenvalue weighted by atomic mass is 16.3. The summed E-state index contributed by atoms with van der Waals surface area (Å²) in [6, 6.07) is 0. The largest absolute Gasteiger partial charge is 0.396 e. The van der Waals surface area contributed by atoms with Gasteiger partial charge in [0, 0.05) is 18.9 Å². The summed E-state index contributed by atoms with van der Waals surface area (Å²) in [4.78, 5) is 10.8. The van der Waals surface area contributed by atoms with Gasteiger partial charge >= 0.3 is 0 Å². The van der Waals surface area contributed by atoms with Crippen molar-refractivity contribution in [1.82, 2.24) is 0 Å². The van der Waals surface area contributed by atoms with Gasteiger partial charge in [0.05, 0.1) is 11.7 Å². The van der Waals surface area contributed by atoms with Crippen molar-refractivity contribution in [2.24, 2.45) is 11.8 Å². The van der Waals surface area contributed by atoms with Crippen molar-refractivity contribution in [1.29, 1.82) is 0 Å². The Labute approximate surface area is 152 Å². The minimum Gasteiger partial charge on any atom is -0.396 e. The predicted octanol–water partition coefficient (Wildman–Crippen LogP) is 3.55. The Morgan fingerprint density at radius 2 is 1.92 bits per heavy atom. The Balaban J connectivity index is 2.51. The number of allylic oxidation sites excluding steroid dienone is 2. The van der Waals surface area contributed by atoms with Gasteiger partial charge in [-0.25, -0.2) is 0 Å². The van der Waals surface area contributed by atoms with E-state index in [0.717, 1.165) is 51.2 Å². The maximum atomic E-state index is 10.8. The number of carbonyl (C=O) groups excluding carboxylic acids is 1. The van der Waals surface area contributed by atoms with Crippen LogP contribution in [0.2, 0.25) is 0 Å². The van der Waals surface area contributed by atoms with Crippen molar-refractivity contribution in [3.63, 3.8) is 0 Å². The monoisotopic (exact) mass is 352 g/mol. The SMILES string of the molecule is CCCC(O)(CC=O)CC=C[C@@H]1[C@@H](CC=CCCCCO)CC[C@H]1O. The van der Waals surface area contributed by atoms with Gasteiger partial charge in [0.15, 0.2) is 0 Å². The first kappa shape index (κ1) is 22.1. The number of hydrogen-bond donors (Lipinski definition) is 3. The zero-order chi connectivity index (χ0) is 18.5. The zero-order valence-corrected chi connectivity index (χ0v) is 15.6. The predicted molar refractivity (Wildman–Crippen MR) is 101 cm³/mol. The number of rotatable bonds is 13. The van der Waals surface area contributed by atoms with Crippen LogP contribution in [-0.2, 0) is 4.79 Å². The molecule has 0 saturated heterocycles. The van der Waals surface area contributed by atoms with E-state index in [9.17, 15) is 15.0 Å². The van der Waals surface area contributed by atoms with E-state index < -0.39 is 5.60 Å². The molecule has 1 saturated carbocycles. The van der Waals surface area contributed by atoms with Crippen LogP contribution in [0.25, 0.3) is 0 Å². The first-order valence-corrected chi connectivity index (χ1v) is 9.83. The number of aliphatic hydroxyl groups excluding tert-OH is 2. The molecule has 0 spiro atoms. The maximum absolute atomic E-state index is 10.8. The summed E-state index contributed by atoms with van der Waals surface area (Å²) < 4.78 is 0. The molecule has 0 aliphatic heterocycles. The smallest absolute Gasteiger partial charge is 0.122 e. The van der Waals surface area contributed by atoms with Gasteiger partial charge in [0.1, 0.15) is 6.29 Å². The molecule has 144 valence electrons. The van der Waals surface area contributed by atoms with Gasteiger partial charge < -0.3 is 20.1 Å². The van der Waals surface area contributed by atoms with E-state index in [1.165, 1.54) is 0 Å². The molecule has 4 atom stereocenters. The van der Waals surface area contributed by atoms with Crippen LogP contribution >= 0.6 is 0 Å². The summed E-state index contributed by atoms with van der Waals surface area (Å²) in [5.74, 6) is 0.565. The summed E-state index contributed by atoms with van der Waals surface area (Å²) in [6.45, 7) is 2.26. The Hall–Kier alpha value is -0.970. The summed E-state index contributed by atoms with van der Waals surface area (Å²) in [5.41, 5.74) is -0.946. The summed E-state index contributed by atoms with van der Waals surface area (Å²) in [6.07, 6.45) is 16.6. The highest BCUT2D eigenvalue weighted by molar-refractivity contribution is 5.51. The molecule has 25 heavy (non-hydrogen) atoms. The summed E-state index contributed by atoms with van der Waals surface area (Å²) >= 11 is 0. The molecular formula is C21H36O4. The molecule has 0 aromatic heterocycles. The molecule has 1 fully saturated rings. The third-order valence-corrected chi connectivity index (χ3v) is 5.24. The van der Waals surface area contributed by atoms with Crippen molar-refractivity contribution in [3.8, 4) is 0 Å². The van der Waals surface area contributed by atoms with Crippen LogP contribution in [0.5, 0.6) is 0 Å². The molecule has 4 nitrogen and oxygen atoms in total. The van der Waals surface area contributed by atoms with E-state index in [4.69, 9.17) is 5.11 Å². The fraction of sp³-hybridized carbons (Fsp3) is 0.762. The van der Waals surface area contributed by atoms with Crippen LogP contribution in [0.4, 0.5) is 0 Å². The molecule has 0 bridgehead atoms. The Morgan fingerprint density at radius 1 is 1.12 bits per heavy atom. The van der Waals surface area contributed by atoms with E-state index in [0.29, 0.717) is 18.8 Å². The minimum absolute atomic E-state index is 0.129. The van der Waals surface area contributed by atoms with Crippen molar-refractivity contribution in [2.75, 3.05) is 6.61 Å². The van der Waals surface area contributed by atoms with E-state index in [1.807, 2.05) is 19.1 Å². The highest BCUT2D eigenvalue weighted by Gasteiger charge is 2.32. The van der Waals surface area contributed by atoms with E-state index in [2.05, 4.69) is 12.2 Å². The fourth-order valence-corrected chi connectivity index (χ4v) is 3.76. The average molecular weight is 353 g/mol. The second-order valence-corrected chi connectivity index (χ2v) is 7.39. The normalized spacial score (nSPS) is 26.5. The van der Waals surface area contributed by atoms with E-state index in [1.54, 1.807) is 0 Å². The second-order valence-electron chi connectivity index (χ2n) is 7.39. The van der Waals surface area contributed by atoms with Gasteiger partial charge in [-0.3, -0.25) is 0 Å². The number of aliphatic hydroxyl groups is 3. The van der Waals surface area contributed by atoms with E-state index in [-0.39, 0.29) is 25.0 Å². The van der Waals surface area contributed by atoms with E-state index >= 15 is 0 Å². The molecule has 1 unspecified atom stereocenters. The lowest BCUT2D eigenvalue weighted by Gasteiger charge is -2.24. The van der Waals surface area contributed by atoms with Crippen molar-refractivity contribution >= 4 is 6.29 Å². The first-order chi connectivity index (χ1) is 12.1. The molecule has 4 heteroatoms. The number of hydrogen-bond acceptors (Lipinski definition) is 4. The molecule has 0 amide bonds. The minimum atomic E-state index is -0.946. The van der Waals surface area contributed by atoms with Crippen molar-refractivity contribution < 1.29 is 20.1 Å². The van der Waals surface area contributed by atoms with Gasteiger partial charge in [-0.15, -0.1) is 0 Å². The molecule has 1 aliphatic rings. The quantitative estimate of drug-likeness (QED) is 0.269. The Morgan fingerprint density at radius 3 is 2.60 bits per heavy atom. The number of carbonyl (C=O) groups is 1. The number of unbranched alkanes of at least 4 members (excludes halogenated alkanes) is 2. The second kappa shape index (κ2) is 12.4.